The Morgan fingerprint density at radius 1 is 1.03 bits per heavy atom. The van der Waals surface area contributed by atoms with Crippen LogP contribution in [0.25, 0.3) is 0 Å². The minimum absolute atomic E-state index is 0.0856. The number of halogens is 1. The largest absolute Gasteiger partial charge is 0.497 e. The zero-order valence-electron chi connectivity index (χ0n) is 19.1. The lowest BCUT2D eigenvalue weighted by molar-refractivity contribution is -0.0186. The molecule has 8 nitrogen and oxygen atoms in total. The number of aliphatic hydroxyl groups excluding tert-OH is 1. The van der Waals surface area contributed by atoms with E-state index in [1.54, 1.807) is 12.1 Å². The summed E-state index contributed by atoms with van der Waals surface area (Å²) in [7, 11) is -0.811. The highest BCUT2D eigenvalue weighted by atomic mass is 35.5. The van der Waals surface area contributed by atoms with Gasteiger partial charge in [-0.3, -0.25) is 4.90 Å². The average molecular weight is 499 g/mol. The Morgan fingerprint density at radius 2 is 1.70 bits per heavy atom. The fourth-order valence-electron chi connectivity index (χ4n) is 3.71. The quantitative estimate of drug-likeness (QED) is 0.538. The van der Waals surface area contributed by atoms with Crippen LogP contribution in [0.5, 0.6) is 11.5 Å². The van der Waals surface area contributed by atoms with Gasteiger partial charge < -0.3 is 19.3 Å². The topological polar surface area (TPSA) is 88.5 Å². The second kappa shape index (κ2) is 11.5. The Labute approximate surface area is 200 Å². The third-order valence-electron chi connectivity index (χ3n) is 5.67. The van der Waals surface area contributed by atoms with E-state index in [-0.39, 0.29) is 23.4 Å². The molecule has 0 spiro atoms. The van der Waals surface area contributed by atoms with Gasteiger partial charge in [0.2, 0.25) is 10.0 Å². The molecule has 182 valence electrons. The van der Waals surface area contributed by atoms with Crippen LogP contribution in [0.1, 0.15) is 18.6 Å². The third-order valence-corrected chi connectivity index (χ3v) is 7.84. The maximum atomic E-state index is 13.2. The van der Waals surface area contributed by atoms with Crippen molar-refractivity contribution in [1.29, 1.82) is 0 Å². The maximum Gasteiger partial charge on any atom is 0.246 e. The molecule has 33 heavy (non-hydrogen) atoms. The van der Waals surface area contributed by atoms with Crippen LogP contribution in [0.15, 0.2) is 47.4 Å². The van der Waals surface area contributed by atoms with E-state index in [4.69, 9.17) is 25.8 Å². The Morgan fingerprint density at radius 3 is 2.30 bits per heavy atom. The summed E-state index contributed by atoms with van der Waals surface area (Å²) in [6.07, 6.45) is -0.849. The number of hydrogen-bond donors (Lipinski definition) is 1. The molecule has 3 rings (SSSR count). The number of ether oxygens (including phenoxy) is 3. The zero-order chi connectivity index (χ0) is 24.0. The molecule has 1 heterocycles. The molecule has 0 aliphatic carbocycles. The predicted octanol–water partition coefficient (Wildman–Crippen LogP) is 2.80. The van der Waals surface area contributed by atoms with E-state index in [1.807, 2.05) is 36.1 Å². The fourth-order valence-corrected chi connectivity index (χ4v) is 5.43. The lowest BCUT2D eigenvalue weighted by atomic mass is 10.1. The minimum Gasteiger partial charge on any atom is -0.497 e. The standard InChI is InChI=1S/C23H31ClN2O6S/c1-17(18-4-6-19(24)7-5-18)32-16-20(27)15-25-10-12-26(13-11-25)33(28,29)23-14-21(30-2)8-9-22(23)31-3/h4-9,14,17,20,27H,10-13,15-16H2,1-3H3. The zero-order valence-corrected chi connectivity index (χ0v) is 20.7. The Bertz CT molecular complexity index is 1010. The highest BCUT2D eigenvalue weighted by Crippen LogP contribution is 2.31. The van der Waals surface area contributed by atoms with Gasteiger partial charge in [-0.25, -0.2) is 8.42 Å². The van der Waals surface area contributed by atoms with Crippen LogP contribution in [-0.4, -0.2) is 82.4 Å². The Balaban J connectivity index is 1.51. The van der Waals surface area contributed by atoms with E-state index in [1.165, 1.54) is 24.6 Å². The van der Waals surface area contributed by atoms with E-state index in [2.05, 4.69) is 0 Å². The van der Waals surface area contributed by atoms with Crippen LogP contribution in [0, 0.1) is 0 Å². The molecule has 0 radical (unpaired) electrons. The number of benzene rings is 2. The summed E-state index contributed by atoms with van der Waals surface area (Å²) in [4.78, 5) is 2.12. The van der Waals surface area contributed by atoms with Crippen molar-refractivity contribution in [2.45, 2.75) is 24.0 Å². The first-order valence-corrected chi connectivity index (χ1v) is 12.6. The number of rotatable bonds is 10. The van der Waals surface area contributed by atoms with E-state index in [0.29, 0.717) is 43.5 Å². The molecule has 2 aromatic carbocycles. The van der Waals surface area contributed by atoms with E-state index in [9.17, 15) is 13.5 Å². The van der Waals surface area contributed by atoms with Crippen LogP contribution >= 0.6 is 11.6 Å². The van der Waals surface area contributed by atoms with Gasteiger partial charge in [-0.15, -0.1) is 0 Å². The van der Waals surface area contributed by atoms with Gasteiger partial charge in [-0.2, -0.15) is 4.31 Å². The number of aliphatic hydroxyl groups is 1. The minimum atomic E-state index is -3.74. The summed E-state index contributed by atoms with van der Waals surface area (Å²) in [5, 5.41) is 11.1. The van der Waals surface area contributed by atoms with Crippen LogP contribution in [0.4, 0.5) is 0 Å². The van der Waals surface area contributed by atoms with Gasteiger partial charge in [-0.1, -0.05) is 23.7 Å². The van der Waals surface area contributed by atoms with Gasteiger partial charge in [0.25, 0.3) is 0 Å². The Kier molecular flexibility index (Phi) is 8.97. The molecular formula is C23H31ClN2O6S. The molecule has 0 aromatic heterocycles. The van der Waals surface area contributed by atoms with Crippen LogP contribution < -0.4 is 9.47 Å². The van der Waals surface area contributed by atoms with Crippen molar-refractivity contribution in [2.24, 2.45) is 0 Å². The molecule has 2 aromatic rings. The van der Waals surface area contributed by atoms with E-state index >= 15 is 0 Å². The number of nitrogens with zero attached hydrogens (tertiary/aromatic N) is 2. The first kappa shape index (κ1) is 25.7. The number of β-amino-alcohol motifs (C(OH)–C–C–N with tert-alkyl or cyclic N) is 1. The molecule has 1 aliphatic heterocycles. The van der Waals surface area contributed by atoms with Crippen molar-refractivity contribution in [2.75, 3.05) is 53.6 Å². The summed E-state index contributed by atoms with van der Waals surface area (Å²) in [5.41, 5.74) is 0.985. The molecule has 2 atom stereocenters. The average Bonchev–Trinajstić information content (AvgIpc) is 2.82. The molecule has 1 saturated heterocycles. The van der Waals surface area contributed by atoms with E-state index < -0.39 is 16.1 Å². The molecule has 10 heteroatoms. The highest BCUT2D eigenvalue weighted by molar-refractivity contribution is 7.89. The second-order valence-electron chi connectivity index (χ2n) is 7.90. The molecule has 2 unspecified atom stereocenters. The van der Waals surface area contributed by atoms with Gasteiger partial charge in [0.1, 0.15) is 16.4 Å². The summed E-state index contributed by atoms with van der Waals surface area (Å²) in [6, 6.07) is 12.1. The summed E-state index contributed by atoms with van der Waals surface area (Å²) < 4.78 is 44.1. The number of piperazine rings is 1. The van der Waals surface area contributed by atoms with Crippen LogP contribution in [0.2, 0.25) is 5.02 Å². The summed E-state index contributed by atoms with van der Waals surface area (Å²) in [5.74, 6) is 0.726. The molecular weight excluding hydrogens is 468 g/mol. The lowest BCUT2D eigenvalue weighted by Gasteiger charge is -2.35. The molecule has 0 amide bonds. The number of methoxy groups -OCH3 is 2. The highest BCUT2D eigenvalue weighted by Gasteiger charge is 2.31. The Hall–Kier alpha value is -1.88. The second-order valence-corrected chi connectivity index (χ2v) is 10.2. The van der Waals surface area contributed by atoms with Crippen molar-refractivity contribution >= 4 is 21.6 Å². The molecule has 0 bridgehead atoms. The smallest absolute Gasteiger partial charge is 0.246 e. The van der Waals surface area contributed by atoms with Crippen LogP contribution in [0.3, 0.4) is 0 Å². The molecule has 1 aliphatic rings. The SMILES string of the molecule is COc1ccc(OC)c(S(=O)(=O)N2CCN(CC(O)COC(C)c3ccc(Cl)cc3)CC2)c1. The van der Waals surface area contributed by atoms with Crippen molar-refractivity contribution in [3.05, 3.63) is 53.1 Å². The van der Waals surface area contributed by atoms with Gasteiger partial charge >= 0.3 is 0 Å². The molecule has 0 saturated carbocycles. The first-order chi connectivity index (χ1) is 15.7. The number of hydrogen-bond acceptors (Lipinski definition) is 7. The monoisotopic (exact) mass is 498 g/mol. The van der Waals surface area contributed by atoms with Crippen LogP contribution in [-0.2, 0) is 14.8 Å². The third kappa shape index (κ3) is 6.59. The normalized spacial score (nSPS) is 17.5. The van der Waals surface area contributed by atoms with Crippen molar-refractivity contribution in [1.82, 2.24) is 9.21 Å². The van der Waals surface area contributed by atoms with Crippen molar-refractivity contribution in [3.8, 4) is 11.5 Å². The molecule has 1 fully saturated rings. The van der Waals surface area contributed by atoms with Gasteiger partial charge in [0, 0.05) is 43.8 Å². The lowest BCUT2D eigenvalue weighted by Crippen LogP contribution is -2.50. The summed E-state index contributed by atoms with van der Waals surface area (Å²) >= 11 is 5.91. The first-order valence-electron chi connectivity index (χ1n) is 10.7. The predicted molar refractivity (Wildman–Crippen MR) is 127 cm³/mol. The maximum absolute atomic E-state index is 13.2. The van der Waals surface area contributed by atoms with E-state index in [0.717, 1.165) is 5.56 Å². The van der Waals surface area contributed by atoms with Crippen molar-refractivity contribution < 1.29 is 27.7 Å². The summed E-state index contributed by atoms with van der Waals surface area (Å²) in [6.45, 7) is 4.17. The molecule has 1 N–H and O–H groups in total. The fraction of sp³-hybridized carbons (Fsp3) is 0.478. The van der Waals surface area contributed by atoms with Crippen molar-refractivity contribution in [3.63, 3.8) is 0 Å². The van der Waals surface area contributed by atoms with Gasteiger partial charge in [-0.05, 0) is 36.8 Å². The van der Waals surface area contributed by atoms with Gasteiger partial charge in [0.05, 0.1) is 33.0 Å². The van der Waals surface area contributed by atoms with Gasteiger partial charge in [0.15, 0.2) is 0 Å². The number of sulfonamides is 1.